The zero-order valence-electron chi connectivity index (χ0n) is 11.5. The molecule has 1 N–H and O–H groups in total. The van der Waals surface area contributed by atoms with E-state index in [9.17, 15) is 22.8 Å². The van der Waals surface area contributed by atoms with Crippen molar-refractivity contribution in [3.63, 3.8) is 0 Å². The number of carbonyl (C=O) groups is 2. The monoisotopic (exact) mass is 303 g/mol. The highest BCUT2D eigenvalue weighted by Gasteiger charge is 2.28. The maximum absolute atomic E-state index is 12.3. The van der Waals surface area contributed by atoms with E-state index in [2.05, 4.69) is 0 Å². The second kappa shape index (κ2) is 7.10. The fraction of sp³-hybridized carbons (Fsp3) is 0.429. The van der Waals surface area contributed by atoms with E-state index in [1.54, 1.807) is 19.1 Å². The molecule has 7 heteroatoms. The van der Waals surface area contributed by atoms with Crippen LogP contribution in [0.3, 0.4) is 0 Å². The van der Waals surface area contributed by atoms with E-state index in [0.717, 1.165) is 4.90 Å². The van der Waals surface area contributed by atoms with E-state index in [-0.39, 0.29) is 24.1 Å². The Morgan fingerprint density at radius 2 is 1.86 bits per heavy atom. The van der Waals surface area contributed by atoms with Crippen molar-refractivity contribution < 1.29 is 27.9 Å². The zero-order valence-corrected chi connectivity index (χ0v) is 11.5. The number of hydrogen-bond acceptors (Lipinski definition) is 2. The van der Waals surface area contributed by atoms with Gasteiger partial charge >= 0.3 is 12.1 Å². The molecule has 1 rings (SSSR count). The number of amides is 1. The van der Waals surface area contributed by atoms with Crippen LogP contribution < -0.4 is 0 Å². The minimum absolute atomic E-state index is 0.116. The predicted octanol–water partition coefficient (Wildman–Crippen LogP) is 2.73. The normalized spacial score (nSPS) is 11.2. The lowest BCUT2D eigenvalue weighted by Crippen LogP contribution is -2.36. The van der Waals surface area contributed by atoms with Crippen molar-refractivity contribution in [2.75, 3.05) is 13.1 Å². The summed E-state index contributed by atoms with van der Waals surface area (Å²) in [7, 11) is 0. The molecule has 0 radical (unpaired) electrons. The van der Waals surface area contributed by atoms with Gasteiger partial charge in [0.15, 0.2) is 0 Å². The molecule has 0 spiro atoms. The summed E-state index contributed by atoms with van der Waals surface area (Å²) in [5, 5.41) is 8.75. The third kappa shape index (κ3) is 5.45. The summed E-state index contributed by atoms with van der Waals surface area (Å²) in [6.07, 6.45) is -5.64. The molecule has 0 unspecified atom stereocenters. The highest BCUT2D eigenvalue weighted by atomic mass is 19.4. The summed E-state index contributed by atoms with van der Waals surface area (Å²) in [4.78, 5) is 24.0. The van der Waals surface area contributed by atoms with Gasteiger partial charge in [-0.1, -0.05) is 18.2 Å². The first-order valence-electron chi connectivity index (χ1n) is 6.40. The molecule has 0 aliphatic heterocycles. The van der Waals surface area contributed by atoms with Crippen LogP contribution in [0.2, 0.25) is 0 Å². The van der Waals surface area contributed by atoms with E-state index in [1.165, 1.54) is 12.1 Å². The van der Waals surface area contributed by atoms with Crippen LogP contribution in [0.25, 0.3) is 0 Å². The van der Waals surface area contributed by atoms with E-state index >= 15 is 0 Å². The Morgan fingerprint density at radius 1 is 1.24 bits per heavy atom. The summed E-state index contributed by atoms with van der Waals surface area (Å²) >= 11 is 0. The molecule has 4 nitrogen and oxygen atoms in total. The molecule has 1 amide bonds. The molecule has 0 atom stereocenters. The molecule has 0 aliphatic rings. The number of aryl methyl sites for hydroxylation is 1. The van der Waals surface area contributed by atoms with Crippen molar-refractivity contribution in [2.45, 2.75) is 25.9 Å². The molecular formula is C14H16F3NO3. The molecule has 0 fully saturated rings. The van der Waals surface area contributed by atoms with E-state index in [1.807, 2.05) is 0 Å². The van der Waals surface area contributed by atoms with Crippen molar-refractivity contribution in [1.29, 1.82) is 0 Å². The Hall–Kier alpha value is -2.05. The molecule has 0 aromatic heterocycles. The van der Waals surface area contributed by atoms with Gasteiger partial charge in [0, 0.05) is 18.5 Å². The van der Waals surface area contributed by atoms with E-state index in [0.29, 0.717) is 0 Å². The average molecular weight is 303 g/mol. The standard InChI is InChI=1S/C14H16F3NO3/c1-2-18(9-12(19)20)13(21)11-6-4-3-5-10(11)7-8-14(15,16)17/h3-6H,2,7-9H2,1H3,(H,19,20). The number of likely N-dealkylation sites (N-methyl/N-ethyl adjacent to an activating group) is 1. The summed E-state index contributed by atoms with van der Waals surface area (Å²) in [5.41, 5.74) is 0.383. The number of alkyl halides is 3. The molecule has 0 aliphatic carbocycles. The van der Waals surface area contributed by atoms with Gasteiger partial charge in [-0.25, -0.2) is 0 Å². The SMILES string of the molecule is CCN(CC(=O)O)C(=O)c1ccccc1CCC(F)(F)F. The van der Waals surface area contributed by atoms with Crippen molar-refractivity contribution in [3.8, 4) is 0 Å². The Bertz CT molecular complexity index is 514. The van der Waals surface area contributed by atoms with Crippen molar-refractivity contribution in [3.05, 3.63) is 35.4 Å². The Kier molecular flexibility index (Phi) is 5.75. The molecule has 0 bridgehead atoms. The highest BCUT2D eigenvalue weighted by molar-refractivity contribution is 5.97. The second-order valence-electron chi connectivity index (χ2n) is 4.49. The molecule has 0 heterocycles. The quantitative estimate of drug-likeness (QED) is 0.879. The fourth-order valence-electron chi connectivity index (χ4n) is 1.88. The minimum Gasteiger partial charge on any atom is -0.480 e. The smallest absolute Gasteiger partial charge is 0.389 e. The van der Waals surface area contributed by atoms with E-state index in [4.69, 9.17) is 5.11 Å². The van der Waals surface area contributed by atoms with Crippen LogP contribution in [-0.2, 0) is 11.2 Å². The Morgan fingerprint density at radius 3 is 2.38 bits per heavy atom. The maximum atomic E-state index is 12.3. The predicted molar refractivity (Wildman–Crippen MR) is 70.0 cm³/mol. The van der Waals surface area contributed by atoms with Gasteiger partial charge in [0.05, 0.1) is 0 Å². The average Bonchev–Trinajstić information content (AvgIpc) is 2.41. The maximum Gasteiger partial charge on any atom is 0.389 e. The van der Waals surface area contributed by atoms with Crippen LogP contribution in [0.15, 0.2) is 24.3 Å². The van der Waals surface area contributed by atoms with Crippen molar-refractivity contribution in [1.82, 2.24) is 4.90 Å². The van der Waals surface area contributed by atoms with Crippen LogP contribution in [0.5, 0.6) is 0 Å². The van der Waals surface area contributed by atoms with Gasteiger partial charge in [-0.05, 0) is 25.0 Å². The van der Waals surface area contributed by atoms with Crippen LogP contribution >= 0.6 is 0 Å². The Balaban J connectivity index is 2.95. The second-order valence-corrected chi connectivity index (χ2v) is 4.49. The van der Waals surface area contributed by atoms with Gasteiger partial charge in [-0.3, -0.25) is 9.59 Å². The van der Waals surface area contributed by atoms with Gasteiger partial charge in [0.2, 0.25) is 0 Å². The number of halogens is 3. The van der Waals surface area contributed by atoms with Crippen LogP contribution in [-0.4, -0.2) is 41.1 Å². The first-order valence-corrected chi connectivity index (χ1v) is 6.40. The van der Waals surface area contributed by atoms with Gasteiger partial charge in [-0.2, -0.15) is 13.2 Å². The van der Waals surface area contributed by atoms with Crippen LogP contribution in [0, 0.1) is 0 Å². The number of rotatable bonds is 6. The molecule has 1 aromatic rings. The van der Waals surface area contributed by atoms with E-state index < -0.39 is 31.0 Å². The number of carboxylic acids is 1. The molecule has 0 saturated heterocycles. The molecule has 0 saturated carbocycles. The lowest BCUT2D eigenvalue weighted by atomic mass is 10.0. The first kappa shape index (κ1) is 17.0. The van der Waals surface area contributed by atoms with Gasteiger partial charge < -0.3 is 10.0 Å². The van der Waals surface area contributed by atoms with Gasteiger partial charge in [0.25, 0.3) is 5.91 Å². The largest absolute Gasteiger partial charge is 0.480 e. The topological polar surface area (TPSA) is 57.6 Å². The first-order chi connectivity index (χ1) is 9.74. The third-order valence-corrected chi connectivity index (χ3v) is 2.92. The number of nitrogens with zero attached hydrogens (tertiary/aromatic N) is 1. The van der Waals surface area contributed by atoms with Crippen molar-refractivity contribution in [2.24, 2.45) is 0 Å². The van der Waals surface area contributed by atoms with Gasteiger partial charge in [0.1, 0.15) is 6.54 Å². The molecular weight excluding hydrogens is 287 g/mol. The zero-order chi connectivity index (χ0) is 16.0. The number of carboxylic acid groups (broad SMARTS) is 1. The van der Waals surface area contributed by atoms with Crippen LogP contribution in [0.1, 0.15) is 29.3 Å². The summed E-state index contributed by atoms with van der Waals surface area (Å²) in [6.45, 7) is 1.29. The Labute approximate surface area is 120 Å². The number of benzene rings is 1. The number of hydrogen-bond donors (Lipinski definition) is 1. The fourth-order valence-corrected chi connectivity index (χ4v) is 1.88. The summed E-state index contributed by atoms with van der Waals surface area (Å²) in [5.74, 6) is -1.74. The molecule has 1 aromatic carbocycles. The number of aliphatic carboxylic acids is 1. The third-order valence-electron chi connectivity index (χ3n) is 2.92. The van der Waals surface area contributed by atoms with Crippen molar-refractivity contribution >= 4 is 11.9 Å². The minimum atomic E-state index is -4.30. The molecule has 21 heavy (non-hydrogen) atoms. The summed E-state index contributed by atoms with van der Waals surface area (Å²) < 4.78 is 36.9. The molecule has 116 valence electrons. The highest BCUT2D eigenvalue weighted by Crippen LogP contribution is 2.23. The summed E-state index contributed by atoms with van der Waals surface area (Å²) in [6, 6.07) is 5.96. The lowest BCUT2D eigenvalue weighted by molar-refractivity contribution is -0.137. The van der Waals surface area contributed by atoms with Gasteiger partial charge in [-0.15, -0.1) is 0 Å². The lowest BCUT2D eigenvalue weighted by Gasteiger charge is -2.20. The number of carbonyl (C=O) groups excluding carboxylic acids is 1. The van der Waals surface area contributed by atoms with Crippen LogP contribution in [0.4, 0.5) is 13.2 Å².